The monoisotopic (exact) mass is 278 g/mol. The molecule has 4 heteroatoms. The number of para-hydroxylation sites is 1. The fourth-order valence-electron chi connectivity index (χ4n) is 1.43. The van der Waals surface area contributed by atoms with Gasteiger partial charge in [-0.05, 0) is 24.3 Å². The van der Waals surface area contributed by atoms with Crippen molar-refractivity contribution in [1.82, 2.24) is 0 Å². The predicted octanol–water partition coefficient (Wildman–Crippen LogP) is 4.22. The Morgan fingerprint density at radius 3 is 2.26 bits per heavy atom. The van der Waals surface area contributed by atoms with Crippen molar-refractivity contribution >= 4 is 18.4 Å². The first-order valence-corrected chi connectivity index (χ1v) is 5.81. The highest BCUT2D eigenvalue weighted by Crippen LogP contribution is 2.25. The van der Waals surface area contributed by atoms with Crippen molar-refractivity contribution in [1.29, 1.82) is 0 Å². The molecule has 0 bridgehead atoms. The van der Waals surface area contributed by atoms with Crippen molar-refractivity contribution in [3.05, 3.63) is 54.6 Å². The first-order valence-electron chi connectivity index (χ1n) is 5.81. The molecule has 0 unspecified atom stereocenters. The molecule has 2 aromatic carbocycles. The molecule has 100 valence electrons. The minimum atomic E-state index is -0.258. The second-order valence-electron chi connectivity index (χ2n) is 3.72. The van der Waals surface area contributed by atoms with Crippen molar-refractivity contribution in [2.45, 2.75) is 13.3 Å². The normalized spacial score (nSPS) is 9.32. The van der Waals surface area contributed by atoms with Crippen molar-refractivity contribution in [3.63, 3.8) is 0 Å². The van der Waals surface area contributed by atoms with Crippen molar-refractivity contribution in [3.8, 4) is 17.2 Å². The summed E-state index contributed by atoms with van der Waals surface area (Å²) in [6.45, 7) is 1.76. The van der Waals surface area contributed by atoms with Crippen LogP contribution < -0.4 is 9.47 Å². The lowest BCUT2D eigenvalue weighted by atomic mass is 10.3. The topological polar surface area (TPSA) is 35.5 Å². The number of ether oxygens (including phenoxy) is 2. The van der Waals surface area contributed by atoms with Crippen LogP contribution in [0.4, 0.5) is 0 Å². The number of esters is 1. The molecule has 2 rings (SSSR count). The molecule has 0 heterocycles. The molecule has 3 nitrogen and oxygen atoms in total. The minimum Gasteiger partial charge on any atom is -0.457 e. The summed E-state index contributed by atoms with van der Waals surface area (Å²) in [7, 11) is 0. The van der Waals surface area contributed by atoms with Gasteiger partial charge in [0, 0.05) is 12.5 Å². The molecule has 0 saturated heterocycles. The molecule has 0 radical (unpaired) electrons. The van der Waals surface area contributed by atoms with E-state index < -0.39 is 0 Å². The van der Waals surface area contributed by atoms with Crippen LogP contribution in [-0.4, -0.2) is 5.97 Å². The lowest BCUT2D eigenvalue weighted by molar-refractivity contribution is -0.134. The van der Waals surface area contributed by atoms with E-state index in [1.165, 1.54) is 0 Å². The van der Waals surface area contributed by atoms with Gasteiger partial charge >= 0.3 is 5.97 Å². The summed E-state index contributed by atoms with van der Waals surface area (Å²) in [6, 6.07) is 16.5. The molecule has 0 aliphatic rings. The van der Waals surface area contributed by atoms with Crippen LogP contribution in [-0.2, 0) is 4.79 Å². The zero-order valence-corrected chi connectivity index (χ0v) is 11.4. The van der Waals surface area contributed by atoms with E-state index in [0.29, 0.717) is 17.9 Å². The highest BCUT2D eigenvalue weighted by atomic mass is 35.5. The van der Waals surface area contributed by atoms with Crippen LogP contribution in [0.25, 0.3) is 0 Å². The maximum atomic E-state index is 11.2. The number of halogens is 1. The third-order valence-electron chi connectivity index (χ3n) is 2.30. The third-order valence-corrected chi connectivity index (χ3v) is 2.30. The molecule has 19 heavy (non-hydrogen) atoms. The Bertz CT molecular complexity index is 526. The van der Waals surface area contributed by atoms with Crippen LogP contribution in [0.5, 0.6) is 17.2 Å². The van der Waals surface area contributed by atoms with E-state index in [0.717, 1.165) is 5.75 Å². The average molecular weight is 279 g/mol. The third kappa shape index (κ3) is 4.64. The smallest absolute Gasteiger partial charge is 0.310 e. The fourth-order valence-corrected chi connectivity index (χ4v) is 1.43. The molecule has 0 spiro atoms. The Morgan fingerprint density at radius 2 is 1.58 bits per heavy atom. The quantitative estimate of drug-likeness (QED) is 0.620. The van der Waals surface area contributed by atoms with Gasteiger partial charge in [-0.15, -0.1) is 12.4 Å². The summed E-state index contributed by atoms with van der Waals surface area (Å²) in [4.78, 5) is 11.2. The lowest BCUT2D eigenvalue weighted by Crippen LogP contribution is -2.05. The number of carbonyl (C=O) groups is 1. The Labute approximate surface area is 118 Å². The molecule has 0 aromatic heterocycles. The number of carbonyl (C=O) groups excluding carboxylic acids is 1. The van der Waals surface area contributed by atoms with Crippen LogP contribution in [0.15, 0.2) is 54.6 Å². The second kappa shape index (κ2) is 7.44. The van der Waals surface area contributed by atoms with Gasteiger partial charge < -0.3 is 9.47 Å². The van der Waals surface area contributed by atoms with E-state index in [1.807, 2.05) is 36.4 Å². The van der Waals surface area contributed by atoms with Crippen LogP contribution in [0.1, 0.15) is 13.3 Å². The van der Waals surface area contributed by atoms with Crippen LogP contribution in [0, 0.1) is 0 Å². The standard InChI is InChI=1S/C15H14O3.ClH/c1-2-15(16)18-14-10-6-9-13(11-14)17-12-7-4-3-5-8-12;/h3-11H,2H2,1H3;1H. The summed E-state index contributed by atoms with van der Waals surface area (Å²) in [6.07, 6.45) is 0.351. The molecular weight excluding hydrogens is 264 g/mol. The van der Waals surface area contributed by atoms with Gasteiger partial charge in [-0.25, -0.2) is 0 Å². The number of benzene rings is 2. The first kappa shape index (κ1) is 15.1. The summed E-state index contributed by atoms with van der Waals surface area (Å²) in [5.74, 6) is 1.63. The van der Waals surface area contributed by atoms with Crippen molar-refractivity contribution in [2.75, 3.05) is 0 Å². The lowest BCUT2D eigenvalue weighted by Gasteiger charge is -2.07. The first-order chi connectivity index (χ1) is 8.78. The molecule has 0 N–H and O–H groups in total. The molecule has 2 aromatic rings. The molecule has 0 atom stereocenters. The van der Waals surface area contributed by atoms with Gasteiger partial charge in [-0.1, -0.05) is 31.2 Å². The highest BCUT2D eigenvalue weighted by molar-refractivity contribution is 5.85. The Morgan fingerprint density at radius 1 is 0.947 bits per heavy atom. The van der Waals surface area contributed by atoms with Gasteiger partial charge in [0.1, 0.15) is 17.2 Å². The molecule has 0 saturated carbocycles. The summed E-state index contributed by atoms with van der Waals surface area (Å²) in [5, 5.41) is 0. The van der Waals surface area contributed by atoms with E-state index >= 15 is 0 Å². The highest BCUT2D eigenvalue weighted by Gasteiger charge is 2.03. The van der Waals surface area contributed by atoms with E-state index in [1.54, 1.807) is 25.1 Å². The van der Waals surface area contributed by atoms with Gasteiger partial charge in [-0.3, -0.25) is 4.79 Å². The maximum Gasteiger partial charge on any atom is 0.310 e. The molecule has 0 aliphatic carbocycles. The summed E-state index contributed by atoms with van der Waals surface area (Å²) >= 11 is 0. The van der Waals surface area contributed by atoms with Crippen LogP contribution in [0.3, 0.4) is 0 Å². The summed E-state index contributed by atoms with van der Waals surface area (Å²) < 4.78 is 10.8. The predicted molar refractivity (Wildman–Crippen MR) is 76.1 cm³/mol. The second-order valence-corrected chi connectivity index (χ2v) is 3.72. The summed E-state index contributed by atoms with van der Waals surface area (Å²) in [5.41, 5.74) is 0. The molecule has 0 fully saturated rings. The molecular formula is C15H15ClO3. The van der Waals surface area contributed by atoms with Gasteiger partial charge in [0.25, 0.3) is 0 Å². The maximum absolute atomic E-state index is 11.2. The number of hydrogen-bond acceptors (Lipinski definition) is 3. The molecule has 0 amide bonds. The van der Waals surface area contributed by atoms with Crippen molar-refractivity contribution in [2.24, 2.45) is 0 Å². The fraction of sp³-hybridized carbons (Fsp3) is 0.133. The van der Waals surface area contributed by atoms with Crippen LogP contribution in [0.2, 0.25) is 0 Å². The van der Waals surface area contributed by atoms with E-state index in [9.17, 15) is 4.79 Å². The van der Waals surface area contributed by atoms with Crippen LogP contribution >= 0.6 is 12.4 Å². The van der Waals surface area contributed by atoms with Gasteiger partial charge in [0.2, 0.25) is 0 Å². The largest absolute Gasteiger partial charge is 0.457 e. The Hall–Kier alpha value is -2.00. The van der Waals surface area contributed by atoms with Gasteiger partial charge in [0.05, 0.1) is 0 Å². The number of rotatable bonds is 4. The van der Waals surface area contributed by atoms with E-state index in [-0.39, 0.29) is 18.4 Å². The van der Waals surface area contributed by atoms with Gasteiger partial charge in [-0.2, -0.15) is 0 Å². The zero-order chi connectivity index (χ0) is 12.8. The SMILES string of the molecule is CCC(=O)Oc1cccc(Oc2ccccc2)c1.Cl. The van der Waals surface area contributed by atoms with E-state index in [4.69, 9.17) is 9.47 Å². The van der Waals surface area contributed by atoms with E-state index in [2.05, 4.69) is 0 Å². The minimum absolute atomic E-state index is 0. The Balaban J connectivity index is 0.00000180. The molecule has 0 aliphatic heterocycles. The van der Waals surface area contributed by atoms with Crippen molar-refractivity contribution < 1.29 is 14.3 Å². The number of hydrogen-bond donors (Lipinski definition) is 0. The average Bonchev–Trinajstić information content (AvgIpc) is 2.40. The Kier molecular flexibility index (Phi) is 5.90. The van der Waals surface area contributed by atoms with Gasteiger partial charge in [0.15, 0.2) is 0 Å². The zero-order valence-electron chi connectivity index (χ0n) is 10.5.